The number of hydrogen-bond acceptors (Lipinski definition) is 4. The van der Waals surface area contributed by atoms with Crippen molar-refractivity contribution < 1.29 is 14.3 Å². The van der Waals surface area contributed by atoms with Crippen LogP contribution in [0.4, 0.5) is 0 Å². The first-order valence-electron chi connectivity index (χ1n) is 13.6. The minimum Gasteiger partial charge on any atom is -0.491 e. The van der Waals surface area contributed by atoms with E-state index < -0.39 is 0 Å². The Morgan fingerprint density at radius 2 is 1.68 bits per heavy atom. The fraction of sp³-hybridized carbons (Fsp3) is 0.281. The smallest absolute Gasteiger partial charge is 0.333 e. The number of halogens is 2. The molecule has 5 rings (SSSR count). The van der Waals surface area contributed by atoms with Gasteiger partial charge in [0, 0.05) is 29.5 Å². The summed E-state index contributed by atoms with van der Waals surface area (Å²) in [5.74, 6) is 0.250. The van der Waals surface area contributed by atoms with Gasteiger partial charge in [0.2, 0.25) is 0 Å². The first-order chi connectivity index (χ1) is 19.6. The maximum Gasteiger partial charge on any atom is 0.333 e. The third-order valence-electron chi connectivity index (χ3n) is 7.22. The van der Waals surface area contributed by atoms with Gasteiger partial charge in [0.25, 0.3) is 5.91 Å². The van der Waals surface area contributed by atoms with Crippen LogP contribution in [0, 0.1) is 0 Å². The summed E-state index contributed by atoms with van der Waals surface area (Å²) < 4.78 is 9.59. The van der Waals surface area contributed by atoms with E-state index in [9.17, 15) is 14.4 Å². The van der Waals surface area contributed by atoms with E-state index in [1.54, 1.807) is 51.9 Å². The standard InChI is InChI=1S/C32H31BrClN3O4/c1-20(2)41-25-12-10-24(11-13-25)37-30(29(38)17-21(3)22-7-5-4-6-8-22)28-19-35(15-16-36(28)32(37)40)31(39)23-9-14-26(33)27(34)18-23/h4-14,18,20-21H,15-17,19H2,1-3H3/t21-/m1/s1. The van der Waals surface area contributed by atoms with Crippen molar-refractivity contribution in [3.63, 3.8) is 0 Å². The molecule has 1 aromatic heterocycles. The van der Waals surface area contributed by atoms with E-state index in [4.69, 9.17) is 16.3 Å². The zero-order valence-electron chi connectivity index (χ0n) is 23.1. The van der Waals surface area contributed by atoms with E-state index in [-0.39, 0.29) is 48.9 Å². The van der Waals surface area contributed by atoms with Crippen LogP contribution >= 0.6 is 27.5 Å². The molecule has 0 saturated heterocycles. The second kappa shape index (κ2) is 12.1. The van der Waals surface area contributed by atoms with Crippen molar-refractivity contribution in [1.29, 1.82) is 0 Å². The van der Waals surface area contributed by atoms with Crippen LogP contribution in [-0.4, -0.2) is 38.4 Å². The fourth-order valence-corrected chi connectivity index (χ4v) is 5.62. The Labute approximate surface area is 252 Å². The minimum atomic E-state index is -0.299. The Morgan fingerprint density at radius 1 is 0.976 bits per heavy atom. The number of carbonyl (C=O) groups is 2. The van der Waals surface area contributed by atoms with Gasteiger partial charge in [-0.05, 0) is 83.7 Å². The van der Waals surface area contributed by atoms with E-state index in [1.165, 1.54) is 4.57 Å². The van der Waals surface area contributed by atoms with Crippen LogP contribution in [0.1, 0.15) is 65.2 Å². The molecule has 7 nitrogen and oxygen atoms in total. The lowest BCUT2D eigenvalue weighted by atomic mass is 9.94. The molecule has 0 N–H and O–H groups in total. The molecule has 0 spiro atoms. The largest absolute Gasteiger partial charge is 0.491 e. The summed E-state index contributed by atoms with van der Waals surface area (Å²) in [5.41, 5.74) is 2.60. The predicted molar refractivity (Wildman–Crippen MR) is 163 cm³/mol. The van der Waals surface area contributed by atoms with Crippen molar-refractivity contribution in [3.8, 4) is 11.4 Å². The number of hydrogen-bond donors (Lipinski definition) is 0. The average molecular weight is 637 g/mol. The number of benzene rings is 3. The molecule has 1 aliphatic rings. The molecule has 1 aliphatic heterocycles. The Balaban J connectivity index is 1.55. The molecule has 9 heteroatoms. The van der Waals surface area contributed by atoms with Crippen molar-refractivity contribution in [1.82, 2.24) is 14.0 Å². The van der Waals surface area contributed by atoms with Crippen LogP contribution in [0.15, 0.2) is 82.1 Å². The van der Waals surface area contributed by atoms with Crippen molar-refractivity contribution in [2.45, 2.75) is 52.3 Å². The Hall–Kier alpha value is -3.62. The first-order valence-corrected chi connectivity index (χ1v) is 14.7. The highest BCUT2D eigenvalue weighted by atomic mass is 79.9. The molecule has 0 bridgehead atoms. The minimum absolute atomic E-state index is 0.00566. The Morgan fingerprint density at radius 3 is 2.34 bits per heavy atom. The summed E-state index contributed by atoms with van der Waals surface area (Å²) in [6.45, 7) is 6.63. The molecule has 2 heterocycles. The average Bonchev–Trinajstić information content (AvgIpc) is 3.26. The molecular formula is C32H31BrClN3O4. The quantitative estimate of drug-likeness (QED) is 0.198. The number of carbonyl (C=O) groups excluding carboxylic acids is 2. The maximum atomic E-state index is 14.0. The summed E-state index contributed by atoms with van der Waals surface area (Å²) >= 11 is 9.62. The SMILES string of the molecule is CC(C)Oc1ccc(-n2c(C(=O)C[C@@H](C)c3ccccc3)c3n(c2=O)CCN(C(=O)c2ccc(Br)c(Cl)c2)C3)cc1. The summed E-state index contributed by atoms with van der Waals surface area (Å²) in [6.07, 6.45) is 0.219. The highest BCUT2D eigenvalue weighted by Gasteiger charge is 2.32. The van der Waals surface area contributed by atoms with Gasteiger partial charge in [0.05, 0.1) is 29.1 Å². The molecule has 1 amide bonds. The van der Waals surface area contributed by atoms with Crippen LogP contribution in [0.5, 0.6) is 5.75 Å². The third-order valence-corrected chi connectivity index (χ3v) is 8.46. The van der Waals surface area contributed by atoms with Gasteiger partial charge >= 0.3 is 5.69 Å². The number of ether oxygens (including phenoxy) is 1. The van der Waals surface area contributed by atoms with Gasteiger partial charge in [-0.3, -0.25) is 18.7 Å². The number of ketones is 1. The number of rotatable bonds is 8. The van der Waals surface area contributed by atoms with Gasteiger partial charge in [0.15, 0.2) is 5.78 Å². The Bertz CT molecular complexity index is 1640. The van der Waals surface area contributed by atoms with Gasteiger partial charge < -0.3 is 9.64 Å². The molecule has 0 radical (unpaired) electrons. The van der Waals surface area contributed by atoms with Gasteiger partial charge in [-0.25, -0.2) is 4.79 Å². The lowest BCUT2D eigenvalue weighted by Crippen LogP contribution is -2.41. The fourth-order valence-electron chi connectivity index (χ4n) is 5.19. The number of aromatic nitrogens is 2. The first kappa shape index (κ1) is 28.9. The van der Waals surface area contributed by atoms with E-state index in [2.05, 4.69) is 15.9 Å². The number of amides is 1. The molecule has 212 valence electrons. The van der Waals surface area contributed by atoms with E-state index in [0.717, 1.165) is 5.56 Å². The summed E-state index contributed by atoms with van der Waals surface area (Å²) in [7, 11) is 0. The summed E-state index contributed by atoms with van der Waals surface area (Å²) in [5, 5.41) is 0.437. The van der Waals surface area contributed by atoms with Crippen molar-refractivity contribution in [2.75, 3.05) is 6.54 Å². The van der Waals surface area contributed by atoms with E-state index in [1.807, 2.05) is 51.1 Å². The van der Waals surface area contributed by atoms with Crippen LogP contribution < -0.4 is 10.4 Å². The summed E-state index contributed by atoms with van der Waals surface area (Å²) in [6, 6.07) is 22.1. The second-order valence-electron chi connectivity index (χ2n) is 10.5. The monoisotopic (exact) mass is 635 g/mol. The molecule has 0 saturated carbocycles. The van der Waals surface area contributed by atoms with Crippen molar-refractivity contribution in [3.05, 3.63) is 115 Å². The van der Waals surface area contributed by atoms with Crippen LogP contribution in [-0.2, 0) is 13.1 Å². The van der Waals surface area contributed by atoms with Crippen molar-refractivity contribution in [2.24, 2.45) is 0 Å². The van der Waals surface area contributed by atoms with Crippen LogP contribution in [0.25, 0.3) is 5.69 Å². The zero-order valence-corrected chi connectivity index (χ0v) is 25.5. The molecule has 4 aromatic rings. The predicted octanol–water partition coefficient (Wildman–Crippen LogP) is 6.87. The normalized spacial score (nSPS) is 13.7. The van der Waals surface area contributed by atoms with Crippen LogP contribution in [0.2, 0.25) is 5.02 Å². The Kier molecular flexibility index (Phi) is 8.52. The molecule has 0 aliphatic carbocycles. The molecule has 0 unspecified atom stereocenters. The molecule has 0 fully saturated rings. The lowest BCUT2D eigenvalue weighted by molar-refractivity contribution is 0.0706. The second-order valence-corrected chi connectivity index (χ2v) is 11.8. The lowest BCUT2D eigenvalue weighted by Gasteiger charge is -2.28. The summed E-state index contributed by atoms with van der Waals surface area (Å²) in [4.78, 5) is 43.0. The molecule has 3 aromatic carbocycles. The van der Waals surface area contributed by atoms with Gasteiger partial charge in [-0.15, -0.1) is 0 Å². The maximum absolute atomic E-state index is 14.0. The zero-order chi connectivity index (χ0) is 29.3. The number of Topliss-reactive ketones (excluding diaryl/α,β-unsaturated/α-hetero) is 1. The third kappa shape index (κ3) is 6.04. The molecule has 41 heavy (non-hydrogen) atoms. The van der Waals surface area contributed by atoms with Crippen molar-refractivity contribution >= 4 is 39.2 Å². The van der Waals surface area contributed by atoms with E-state index >= 15 is 0 Å². The van der Waals surface area contributed by atoms with Crippen LogP contribution in [0.3, 0.4) is 0 Å². The van der Waals surface area contributed by atoms with Gasteiger partial charge in [0.1, 0.15) is 11.4 Å². The number of fused-ring (bicyclic) bond motifs is 1. The topological polar surface area (TPSA) is 73.5 Å². The molecular weight excluding hydrogens is 606 g/mol. The highest BCUT2D eigenvalue weighted by Crippen LogP contribution is 2.28. The number of nitrogens with zero attached hydrogens (tertiary/aromatic N) is 3. The molecule has 1 atom stereocenters. The van der Waals surface area contributed by atoms with E-state index in [0.29, 0.717) is 44.4 Å². The van der Waals surface area contributed by atoms with Gasteiger partial charge in [-0.2, -0.15) is 0 Å². The van der Waals surface area contributed by atoms with Gasteiger partial charge in [-0.1, -0.05) is 48.9 Å². The highest BCUT2D eigenvalue weighted by molar-refractivity contribution is 9.10. The number of imidazole rings is 1.